The Morgan fingerprint density at radius 2 is 2.00 bits per heavy atom. The van der Waals surface area contributed by atoms with Crippen molar-refractivity contribution < 1.29 is 14.6 Å². The van der Waals surface area contributed by atoms with E-state index in [1.54, 1.807) is 0 Å². The zero-order valence-corrected chi connectivity index (χ0v) is 12.1. The van der Waals surface area contributed by atoms with Crippen LogP contribution in [0.25, 0.3) is 0 Å². The second kappa shape index (κ2) is 10.3. The third kappa shape index (κ3) is 8.44. The molecule has 18 heavy (non-hydrogen) atoms. The molecule has 0 bridgehead atoms. The van der Waals surface area contributed by atoms with Crippen molar-refractivity contribution in [2.75, 3.05) is 39.5 Å². The van der Waals surface area contributed by atoms with Gasteiger partial charge >= 0.3 is 0 Å². The van der Waals surface area contributed by atoms with Gasteiger partial charge in [-0.05, 0) is 19.4 Å². The maximum absolute atomic E-state index is 11.8. The molecule has 108 valence electrons. The summed E-state index contributed by atoms with van der Waals surface area (Å²) in [6, 6.07) is 0.196. The van der Waals surface area contributed by atoms with Crippen LogP contribution in [0, 0.1) is 5.92 Å². The molecular weight excluding hydrogens is 232 g/mol. The molecule has 0 rings (SSSR count). The van der Waals surface area contributed by atoms with E-state index in [1.807, 2.05) is 18.7 Å². The van der Waals surface area contributed by atoms with E-state index in [9.17, 15) is 4.79 Å². The van der Waals surface area contributed by atoms with Crippen molar-refractivity contribution in [2.24, 2.45) is 5.92 Å². The molecule has 0 aliphatic heterocycles. The van der Waals surface area contributed by atoms with Gasteiger partial charge in [-0.15, -0.1) is 0 Å². The minimum atomic E-state index is 0.0402. The number of rotatable bonds is 10. The summed E-state index contributed by atoms with van der Waals surface area (Å²) < 4.78 is 5.19. The number of hydrogen-bond donors (Lipinski definition) is 2. The Bertz CT molecular complexity index is 222. The van der Waals surface area contributed by atoms with Crippen molar-refractivity contribution in [2.45, 2.75) is 33.7 Å². The van der Waals surface area contributed by atoms with Crippen molar-refractivity contribution >= 4 is 5.91 Å². The summed E-state index contributed by atoms with van der Waals surface area (Å²) in [6.45, 7) is 11.1. The van der Waals surface area contributed by atoms with E-state index in [-0.39, 0.29) is 18.6 Å². The lowest BCUT2D eigenvalue weighted by atomic mass is 10.1. The fourth-order valence-electron chi connectivity index (χ4n) is 1.38. The average molecular weight is 260 g/mol. The molecule has 5 heteroatoms. The number of nitrogens with one attached hydrogen (secondary N) is 1. The number of aliphatic hydroxyl groups is 1. The van der Waals surface area contributed by atoms with Gasteiger partial charge in [0.05, 0.1) is 26.4 Å². The van der Waals surface area contributed by atoms with Gasteiger partial charge in [0.25, 0.3) is 0 Å². The Labute approximate surface area is 110 Å². The molecule has 1 atom stereocenters. The van der Waals surface area contributed by atoms with Crippen molar-refractivity contribution in [1.29, 1.82) is 0 Å². The molecule has 1 unspecified atom stereocenters. The molecule has 0 aromatic heterocycles. The van der Waals surface area contributed by atoms with Gasteiger partial charge in [0.2, 0.25) is 5.91 Å². The van der Waals surface area contributed by atoms with E-state index in [4.69, 9.17) is 9.84 Å². The summed E-state index contributed by atoms with van der Waals surface area (Å²) in [5.74, 6) is 0.497. The maximum Gasteiger partial charge on any atom is 0.234 e. The number of aliphatic hydroxyl groups excluding tert-OH is 1. The average Bonchev–Trinajstić information content (AvgIpc) is 2.32. The number of carbonyl (C=O) groups excluding carboxylic acids is 1. The summed E-state index contributed by atoms with van der Waals surface area (Å²) in [5, 5.41) is 11.6. The first-order valence-electron chi connectivity index (χ1n) is 6.71. The van der Waals surface area contributed by atoms with Crippen LogP contribution >= 0.6 is 0 Å². The Morgan fingerprint density at radius 1 is 1.33 bits per heavy atom. The smallest absolute Gasteiger partial charge is 0.234 e. The largest absolute Gasteiger partial charge is 0.394 e. The molecule has 0 aliphatic rings. The van der Waals surface area contributed by atoms with Gasteiger partial charge in [-0.1, -0.05) is 20.8 Å². The summed E-state index contributed by atoms with van der Waals surface area (Å²) in [5.41, 5.74) is 0. The number of amides is 1. The monoisotopic (exact) mass is 260 g/mol. The molecule has 1 amide bonds. The normalized spacial score (nSPS) is 13.1. The van der Waals surface area contributed by atoms with Crippen LogP contribution in [0.5, 0.6) is 0 Å². The molecular formula is C13H28N2O3. The van der Waals surface area contributed by atoms with E-state index in [1.165, 1.54) is 0 Å². The summed E-state index contributed by atoms with van der Waals surface area (Å²) in [6.07, 6.45) is 0. The first-order valence-corrected chi connectivity index (χ1v) is 6.71. The first-order chi connectivity index (χ1) is 8.51. The highest BCUT2D eigenvalue weighted by molar-refractivity contribution is 5.78. The highest BCUT2D eigenvalue weighted by atomic mass is 16.5. The van der Waals surface area contributed by atoms with Gasteiger partial charge < -0.3 is 15.2 Å². The Kier molecular flexibility index (Phi) is 9.92. The minimum Gasteiger partial charge on any atom is -0.394 e. The fourth-order valence-corrected chi connectivity index (χ4v) is 1.38. The SMILES string of the molecule is CCN(CCOCCO)CC(=O)NC(C)C(C)C. The molecule has 0 aromatic carbocycles. The molecule has 0 fully saturated rings. The van der Waals surface area contributed by atoms with Crippen LogP contribution in [-0.4, -0.2) is 61.4 Å². The van der Waals surface area contributed by atoms with Crippen LogP contribution in [0.2, 0.25) is 0 Å². The van der Waals surface area contributed by atoms with Crippen LogP contribution in [0.1, 0.15) is 27.7 Å². The van der Waals surface area contributed by atoms with Crippen LogP contribution in [0.3, 0.4) is 0 Å². The topological polar surface area (TPSA) is 61.8 Å². The predicted molar refractivity (Wildman–Crippen MR) is 72.5 cm³/mol. The zero-order valence-electron chi connectivity index (χ0n) is 12.1. The number of nitrogens with zero attached hydrogens (tertiary/aromatic N) is 1. The van der Waals surface area contributed by atoms with Crippen LogP contribution in [0.4, 0.5) is 0 Å². The second-order valence-corrected chi connectivity index (χ2v) is 4.80. The lowest BCUT2D eigenvalue weighted by molar-refractivity contribution is -0.123. The minimum absolute atomic E-state index is 0.0402. The lowest BCUT2D eigenvalue weighted by Crippen LogP contribution is -2.43. The quantitative estimate of drug-likeness (QED) is 0.561. The molecule has 0 saturated heterocycles. The zero-order chi connectivity index (χ0) is 14.0. The van der Waals surface area contributed by atoms with E-state index in [2.05, 4.69) is 19.2 Å². The molecule has 0 spiro atoms. The Morgan fingerprint density at radius 3 is 2.50 bits per heavy atom. The summed E-state index contributed by atoms with van der Waals surface area (Å²) in [7, 11) is 0. The molecule has 5 nitrogen and oxygen atoms in total. The van der Waals surface area contributed by atoms with Crippen LogP contribution in [-0.2, 0) is 9.53 Å². The van der Waals surface area contributed by atoms with Gasteiger partial charge in [0.15, 0.2) is 0 Å². The predicted octanol–water partition coefficient (Wildman–Crippen LogP) is 0.478. The van der Waals surface area contributed by atoms with Crippen molar-refractivity contribution in [1.82, 2.24) is 10.2 Å². The summed E-state index contributed by atoms with van der Waals surface area (Å²) >= 11 is 0. The van der Waals surface area contributed by atoms with Crippen LogP contribution in [0.15, 0.2) is 0 Å². The Hall–Kier alpha value is -0.650. The number of ether oxygens (including phenoxy) is 1. The Balaban J connectivity index is 3.85. The first kappa shape index (κ1) is 17.4. The van der Waals surface area contributed by atoms with Gasteiger partial charge in [-0.25, -0.2) is 0 Å². The van der Waals surface area contributed by atoms with Crippen molar-refractivity contribution in [3.8, 4) is 0 Å². The van der Waals surface area contributed by atoms with Gasteiger partial charge in [0.1, 0.15) is 0 Å². The van der Waals surface area contributed by atoms with E-state index in [0.29, 0.717) is 32.2 Å². The molecule has 2 N–H and O–H groups in total. The molecule has 0 aromatic rings. The summed E-state index contributed by atoms with van der Waals surface area (Å²) in [4.78, 5) is 13.8. The number of hydrogen-bond acceptors (Lipinski definition) is 4. The number of carbonyl (C=O) groups is 1. The molecule has 0 heterocycles. The van der Waals surface area contributed by atoms with E-state index >= 15 is 0 Å². The standard InChI is InChI=1S/C13H28N2O3/c1-5-15(6-8-18-9-7-16)10-13(17)14-12(4)11(2)3/h11-12,16H,5-10H2,1-4H3,(H,14,17). The highest BCUT2D eigenvalue weighted by Gasteiger charge is 2.13. The van der Waals surface area contributed by atoms with Gasteiger partial charge in [0, 0.05) is 12.6 Å². The van der Waals surface area contributed by atoms with E-state index in [0.717, 1.165) is 6.54 Å². The third-order valence-corrected chi connectivity index (χ3v) is 2.99. The van der Waals surface area contributed by atoms with Crippen molar-refractivity contribution in [3.05, 3.63) is 0 Å². The van der Waals surface area contributed by atoms with Crippen LogP contribution < -0.4 is 5.32 Å². The number of likely N-dealkylation sites (N-methyl/N-ethyl adjacent to an activating group) is 1. The van der Waals surface area contributed by atoms with Gasteiger partial charge in [-0.2, -0.15) is 0 Å². The molecule has 0 saturated carbocycles. The third-order valence-electron chi connectivity index (χ3n) is 2.99. The maximum atomic E-state index is 11.8. The lowest BCUT2D eigenvalue weighted by Gasteiger charge is -2.22. The van der Waals surface area contributed by atoms with Crippen molar-refractivity contribution in [3.63, 3.8) is 0 Å². The van der Waals surface area contributed by atoms with E-state index < -0.39 is 0 Å². The van der Waals surface area contributed by atoms with Gasteiger partial charge in [-0.3, -0.25) is 9.69 Å². The molecule has 0 radical (unpaired) electrons. The fraction of sp³-hybridized carbons (Fsp3) is 0.923. The highest BCUT2D eigenvalue weighted by Crippen LogP contribution is 1.99. The second-order valence-electron chi connectivity index (χ2n) is 4.80. The molecule has 0 aliphatic carbocycles.